The number of rotatable bonds is 4. The van der Waals surface area contributed by atoms with Crippen molar-refractivity contribution in [1.29, 1.82) is 0 Å². The van der Waals surface area contributed by atoms with Crippen molar-refractivity contribution < 1.29 is 0 Å². The summed E-state index contributed by atoms with van der Waals surface area (Å²) in [4.78, 5) is 13.5. The van der Waals surface area contributed by atoms with Crippen LogP contribution in [0.4, 0.5) is 5.82 Å². The minimum absolute atomic E-state index is 0.561. The van der Waals surface area contributed by atoms with Gasteiger partial charge in [-0.05, 0) is 73.8 Å². The first kappa shape index (κ1) is 17.8. The molecule has 1 aromatic carbocycles. The van der Waals surface area contributed by atoms with E-state index in [2.05, 4.69) is 61.9 Å². The molecule has 0 radical (unpaired) electrons. The summed E-state index contributed by atoms with van der Waals surface area (Å²) in [6.07, 6.45) is 12.9. The summed E-state index contributed by atoms with van der Waals surface area (Å²) in [5, 5.41) is 2.38. The van der Waals surface area contributed by atoms with Gasteiger partial charge in [0.15, 0.2) is 0 Å². The van der Waals surface area contributed by atoms with E-state index in [0.29, 0.717) is 6.04 Å². The van der Waals surface area contributed by atoms with Crippen LogP contribution in [0.25, 0.3) is 21.9 Å². The topological polar surface area (TPSA) is 67.7 Å². The maximum Gasteiger partial charge on any atom is 0.144 e. The third-order valence-electron chi connectivity index (χ3n) is 6.81. The quantitative estimate of drug-likeness (QED) is 0.532. The van der Waals surface area contributed by atoms with E-state index >= 15 is 0 Å². The van der Waals surface area contributed by atoms with E-state index in [1.54, 1.807) is 6.33 Å². The highest BCUT2D eigenvalue weighted by atomic mass is 15.4. The highest BCUT2D eigenvalue weighted by Crippen LogP contribution is 2.38. The van der Waals surface area contributed by atoms with Gasteiger partial charge in [-0.2, -0.15) is 0 Å². The van der Waals surface area contributed by atoms with E-state index in [0.717, 1.165) is 47.7 Å². The van der Waals surface area contributed by atoms with Crippen LogP contribution in [0.2, 0.25) is 0 Å². The van der Waals surface area contributed by atoms with Crippen LogP contribution in [0.3, 0.4) is 0 Å². The van der Waals surface area contributed by atoms with Crippen LogP contribution in [0.5, 0.6) is 0 Å². The number of hydrogen-bond acceptors (Lipinski definition) is 5. The predicted molar refractivity (Wildman–Crippen MR) is 119 cm³/mol. The van der Waals surface area contributed by atoms with Crippen molar-refractivity contribution in [3.05, 3.63) is 60.2 Å². The third-order valence-corrected chi connectivity index (χ3v) is 6.81. The van der Waals surface area contributed by atoms with Crippen molar-refractivity contribution in [2.24, 2.45) is 5.92 Å². The molecule has 4 heterocycles. The van der Waals surface area contributed by atoms with Crippen molar-refractivity contribution in [2.45, 2.75) is 44.6 Å². The van der Waals surface area contributed by atoms with Gasteiger partial charge in [0.05, 0.1) is 5.52 Å². The summed E-state index contributed by atoms with van der Waals surface area (Å²) in [6.45, 7) is 0.951. The van der Waals surface area contributed by atoms with Gasteiger partial charge in [-0.1, -0.05) is 12.1 Å². The van der Waals surface area contributed by atoms with Gasteiger partial charge in [0, 0.05) is 35.8 Å². The molecule has 2 unspecified atom stereocenters. The van der Waals surface area contributed by atoms with Crippen LogP contribution in [0.1, 0.15) is 42.9 Å². The van der Waals surface area contributed by atoms with E-state index in [1.807, 2.05) is 6.20 Å². The highest BCUT2D eigenvalue weighted by Gasteiger charge is 2.26. The lowest BCUT2D eigenvalue weighted by Gasteiger charge is -2.18. The SMILES string of the molecule is c1ncc2ccn(C3CCC(CCc4ccc5cc6c(nc5c4)NNCC6)C3)c2n1. The Morgan fingerprint density at radius 2 is 2.10 bits per heavy atom. The molecule has 30 heavy (non-hydrogen) atoms. The number of fused-ring (bicyclic) bond motifs is 3. The first-order valence-corrected chi connectivity index (χ1v) is 11.0. The number of hydrazine groups is 1. The third kappa shape index (κ3) is 3.21. The largest absolute Gasteiger partial charge is 0.329 e. The number of nitrogens with zero attached hydrogens (tertiary/aromatic N) is 4. The van der Waals surface area contributed by atoms with Gasteiger partial charge in [0.2, 0.25) is 0 Å². The Balaban J connectivity index is 1.14. The molecule has 0 spiro atoms. The van der Waals surface area contributed by atoms with Crippen molar-refractivity contribution in [2.75, 3.05) is 12.0 Å². The molecule has 6 heteroatoms. The summed E-state index contributed by atoms with van der Waals surface area (Å²) in [7, 11) is 0. The first-order valence-electron chi connectivity index (χ1n) is 11.0. The van der Waals surface area contributed by atoms with E-state index in [-0.39, 0.29) is 0 Å². The number of anilines is 1. The van der Waals surface area contributed by atoms with Gasteiger partial charge < -0.3 is 9.99 Å². The molecule has 0 saturated heterocycles. The van der Waals surface area contributed by atoms with Crippen LogP contribution in [-0.4, -0.2) is 26.1 Å². The second-order valence-corrected chi connectivity index (χ2v) is 8.72. The summed E-state index contributed by atoms with van der Waals surface area (Å²) < 4.78 is 2.36. The maximum atomic E-state index is 4.84. The molecule has 6 nitrogen and oxygen atoms in total. The molecule has 2 atom stereocenters. The van der Waals surface area contributed by atoms with Gasteiger partial charge in [0.1, 0.15) is 17.8 Å². The molecule has 3 aromatic heterocycles. The van der Waals surface area contributed by atoms with Gasteiger partial charge in [-0.3, -0.25) is 0 Å². The summed E-state index contributed by atoms with van der Waals surface area (Å²) in [6, 6.07) is 11.8. The molecule has 1 fully saturated rings. The monoisotopic (exact) mass is 398 g/mol. The normalized spacial score (nSPS) is 21.1. The molecule has 1 aliphatic heterocycles. The lowest BCUT2D eigenvalue weighted by Crippen LogP contribution is -2.30. The fourth-order valence-corrected chi connectivity index (χ4v) is 5.18. The Bertz CT molecular complexity index is 1210. The highest BCUT2D eigenvalue weighted by molar-refractivity contribution is 5.82. The molecule has 152 valence electrons. The fraction of sp³-hybridized carbons (Fsp3) is 0.375. The second-order valence-electron chi connectivity index (χ2n) is 8.72. The maximum absolute atomic E-state index is 4.84. The molecule has 2 N–H and O–H groups in total. The molecule has 1 saturated carbocycles. The molecule has 0 bridgehead atoms. The van der Waals surface area contributed by atoms with E-state index in [4.69, 9.17) is 4.98 Å². The van der Waals surface area contributed by atoms with Crippen molar-refractivity contribution >= 4 is 27.8 Å². The van der Waals surface area contributed by atoms with E-state index in [9.17, 15) is 0 Å². The number of pyridine rings is 1. The summed E-state index contributed by atoms with van der Waals surface area (Å²) in [5.74, 6) is 1.75. The minimum Gasteiger partial charge on any atom is -0.329 e. The number of hydrogen-bond donors (Lipinski definition) is 2. The lowest BCUT2D eigenvalue weighted by atomic mass is 9.97. The van der Waals surface area contributed by atoms with E-state index in [1.165, 1.54) is 42.2 Å². The summed E-state index contributed by atoms with van der Waals surface area (Å²) >= 11 is 0. The van der Waals surface area contributed by atoms with Crippen LogP contribution in [0.15, 0.2) is 49.1 Å². The number of aromatic nitrogens is 4. The molecule has 4 aromatic rings. The van der Waals surface area contributed by atoms with Crippen LogP contribution in [0, 0.1) is 5.92 Å². The molecule has 6 rings (SSSR count). The first-order chi connectivity index (χ1) is 14.8. The fourth-order valence-electron chi connectivity index (χ4n) is 5.18. The zero-order chi connectivity index (χ0) is 19.9. The molecule has 1 aliphatic carbocycles. The van der Waals surface area contributed by atoms with Crippen LogP contribution in [-0.2, 0) is 12.8 Å². The molecular formula is C24H26N6. The number of nitrogens with one attached hydrogen (secondary N) is 2. The van der Waals surface area contributed by atoms with Crippen molar-refractivity contribution in [1.82, 2.24) is 24.9 Å². The smallest absolute Gasteiger partial charge is 0.144 e. The zero-order valence-electron chi connectivity index (χ0n) is 17.0. The Morgan fingerprint density at radius 1 is 1.10 bits per heavy atom. The second kappa shape index (κ2) is 7.36. The number of aryl methyl sites for hydroxylation is 1. The van der Waals surface area contributed by atoms with Gasteiger partial charge in [-0.25, -0.2) is 20.4 Å². The van der Waals surface area contributed by atoms with Gasteiger partial charge in [-0.15, -0.1) is 0 Å². The predicted octanol–water partition coefficient (Wildman–Crippen LogP) is 4.43. The average molecular weight is 399 g/mol. The molecular weight excluding hydrogens is 372 g/mol. The van der Waals surface area contributed by atoms with Crippen molar-refractivity contribution in [3.8, 4) is 0 Å². The molecule has 0 amide bonds. The molecule has 2 aliphatic rings. The Morgan fingerprint density at radius 3 is 3.10 bits per heavy atom. The van der Waals surface area contributed by atoms with Crippen LogP contribution >= 0.6 is 0 Å². The Labute approximate surface area is 175 Å². The van der Waals surface area contributed by atoms with Gasteiger partial charge >= 0.3 is 0 Å². The zero-order valence-corrected chi connectivity index (χ0v) is 17.0. The minimum atomic E-state index is 0.561. The number of benzene rings is 1. The lowest BCUT2D eigenvalue weighted by molar-refractivity contribution is 0.461. The Hall–Kier alpha value is -2.99. The standard InChI is InChI=1S/C24H26N6/c1(16-4-6-21(11-16)30-10-8-20-14-25-15-26-24(20)30)2-17-3-5-18-13-19-7-9-27-29-23(19)28-22(18)12-17/h3,5,8,10,12-16,21,27H,1-2,4,6-7,9,11H2,(H,28,29). The Kier molecular flexibility index (Phi) is 4.38. The van der Waals surface area contributed by atoms with Gasteiger partial charge in [0.25, 0.3) is 0 Å². The van der Waals surface area contributed by atoms with E-state index < -0.39 is 0 Å². The average Bonchev–Trinajstić information content (AvgIpc) is 3.43. The summed E-state index contributed by atoms with van der Waals surface area (Å²) in [5.41, 5.74) is 11.2. The van der Waals surface area contributed by atoms with Crippen molar-refractivity contribution in [3.63, 3.8) is 0 Å². The van der Waals surface area contributed by atoms with Crippen LogP contribution < -0.4 is 10.9 Å².